The van der Waals surface area contributed by atoms with E-state index in [2.05, 4.69) is 55.4 Å². The minimum Gasteiger partial charge on any atom is -0.309 e. The van der Waals surface area contributed by atoms with Crippen molar-refractivity contribution in [2.24, 2.45) is 5.92 Å². The molecular formula is C19H32N2. The minimum atomic E-state index is 0.454. The van der Waals surface area contributed by atoms with Crippen LogP contribution >= 0.6 is 0 Å². The number of rotatable bonds is 9. The van der Waals surface area contributed by atoms with Crippen molar-refractivity contribution in [2.45, 2.75) is 52.0 Å². The van der Waals surface area contributed by atoms with E-state index >= 15 is 0 Å². The summed E-state index contributed by atoms with van der Waals surface area (Å²) < 4.78 is 0. The standard InChI is InChI=1S/C19H32N2/c1-4-7-16-10-12-18(13-11-16)19(20-5-2)15-21(3)14-17-8-6-9-17/h10-13,17,19-20H,4-9,14-15H2,1-3H3. The second kappa shape index (κ2) is 8.55. The lowest BCUT2D eigenvalue weighted by Crippen LogP contribution is -2.37. The summed E-state index contributed by atoms with van der Waals surface area (Å²) in [5.74, 6) is 0.948. The number of nitrogens with one attached hydrogen (secondary N) is 1. The summed E-state index contributed by atoms with van der Waals surface area (Å²) in [5.41, 5.74) is 2.89. The number of nitrogens with zero attached hydrogens (tertiary/aromatic N) is 1. The first-order valence-electron chi connectivity index (χ1n) is 8.73. The van der Waals surface area contributed by atoms with Crippen molar-refractivity contribution in [3.8, 4) is 0 Å². The Balaban J connectivity index is 1.92. The molecule has 0 radical (unpaired) electrons. The molecular weight excluding hydrogens is 256 g/mol. The lowest BCUT2D eigenvalue weighted by atomic mass is 9.85. The van der Waals surface area contributed by atoms with Gasteiger partial charge in [0.1, 0.15) is 0 Å². The number of aryl methyl sites for hydroxylation is 1. The first-order chi connectivity index (χ1) is 10.2. The van der Waals surface area contributed by atoms with Gasteiger partial charge in [0.15, 0.2) is 0 Å². The minimum absolute atomic E-state index is 0.454. The molecule has 1 aromatic carbocycles. The first-order valence-corrected chi connectivity index (χ1v) is 8.73. The van der Waals surface area contributed by atoms with Gasteiger partial charge in [0.2, 0.25) is 0 Å². The molecule has 1 aliphatic rings. The van der Waals surface area contributed by atoms with Gasteiger partial charge in [-0.1, -0.05) is 51.0 Å². The van der Waals surface area contributed by atoms with Crippen molar-refractivity contribution < 1.29 is 0 Å². The van der Waals surface area contributed by atoms with Gasteiger partial charge in [-0.15, -0.1) is 0 Å². The molecule has 0 saturated heterocycles. The van der Waals surface area contributed by atoms with E-state index in [1.54, 1.807) is 0 Å². The molecule has 0 aromatic heterocycles. The van der Waals surface area contributed by atoms with Gasteiger partial charge in [-0.2, -0.15) is 0 Å². The summed E-state index contributed by atoms with van der Waals surface area (Å²) in [6.07, 6.45) is 6.71. The van der Waals surface area contributed by atoms with Crippen molar-refractivity contribution in [3.05, 3.63) is 35.4 Å². The Labute approximate surface area is 130 Å². The summed E-state index contributed by atoms with van der Waals surface area (Å²) >= 11 is 0. The second-order valence-corrected chi connectivity index (χ2v) is 6.62. The van der Waals surface area contributed by atoms with Gasteiger partial charge in [-0.05, 0) is 49.9 Å². The van der Waals surface area contributed by atoms with Crippen molar-refractivity contribution in [2.75, 3.05) is 26.7 Å². The molecule has 1 aliphatic carbocycles. The second-order valence-electron chi connectivity index (χ2n) is 6.62. The molecule has 0 bridgehead atoms. The Bertz CT molecular complexity index is 395. The summed E-state index contributed by atoms with van der Waals surface area (Å²) in [6.45, 7) is 7.83. The first kappa shape index (κ1) is 16.5. The summed E-state index contributed by atoms with van der Waals surface area (Å²) in [6, 6.07) is 9.69. The Morgan fingerprint density at radius 3 is 2.43 bits per heavy atom. The van der Waals surface area contributed by atoms with E-state index in [9.17, 15) is 0 Å². The maximum absolute atomic E-state index is 3.65. The van der Waals surface area contributed by atoms with Crippen LogP contribution in [0.2, 0.25) is 0 Å². The number of likely N-dealkylation sites (N-methyl/N-ethyl adjacent to an activating group) is 2. The van der Waals surface area contributed by atoms with E-state index in [0.29, 0.717) is 6.04 Å². The highest BCUT2D eigenvalue weighted by Gasteiger charge is 2.21. The molecule has 2 heteroatoms. The average molecular weight is 288 g/mol. The number of benzene rings is 1. The van der Waals surface area contributed by atoms with Crippen LogP contribution in [-0.4, -0.2) is 31.6 Å². The van der Waals surface area contributed by atoms with Gasteiger partial charge < -0.3 is 10.2 Å². The lowest BCUT2D eigenvalue weighted by Gasteiger charge is -2.32. The van der Waals surface area contributed by atoms with E-state index in [0.717, 1.165) is 19.0 Å². The summed E-state index contributed by atoms with van der Waals surface area (Å²) in [4.78, 5) is 2.51. The van der Waals surface area contributed by atoms with E-state index in [-0.39, 0.29) is 0 Å². The topological polar surface area (TPSA) is 15.3 Å². The monoisotopic (exact) mass is 288 g/mol. The van der Waals surface area contributed by atoms with Gasteiger partial charge in [-0.25, -0.2) is 0 Å². The van der Waals surface area contributed by atoms with Crippen molar-refractivity contribution in [3.63, 3.8) is 0 Å². The lowest BCUT2D eigenvalue weighted by molar-refractivity contribution is 0.192. The zero-order chi connectivity index (χ0) is 15.1. The smallest absolute Gasteiger partial charge is 0.0449 e. The van der Waals surface area contributed by atoms with Crippen LogP contribution in [0.25, 0.3) is 0 Å². The van der Waals surface area contributed by atoms with Crippen LogP contribution in [0.15, 0.2) is 24.3 Å². The summed E-state index contributed by atoms with van der Waals surface area (Å²) in [7, 11) is 2.27. The van der Waals surface area contributed by atoms with Crippen LogP contribution < -0.4 is 5.32 Å². The van der Waals surface area contributed by atoms with Gasteiger partial charge >= 0.3 is 0 Å². The van der Waals surface area contributed by atoms with Gasteiger partial charge in [0.05, 0.1) is 0 Å². The van der Waals surface area contributed by atoms with Crippen molar-refractivity contribution in [1.82, 2.24) is 10.2 Å². The Morgan fingerprint density at radius 2 is 1.90 bits per heavy atom. The molecule has 0 heterocycles. The van der Waals surface area contributed by atoms with Crippen LogP contribution in [-0.2, 0) is 6.42 Å². The van der Waals surface area contributed by atoms with Crippen LogP contribution in [0, 0.1) is 5.92 Å². The predicted octanol–water partition coefficient (Wildman–Crippen LogP) is 4.02. The zero-order valence-electron chi connectivity index (χ0n) is 14.1. The third kappa shape index (κ3) is 5.12. The fraction of sp³-hybridized carbons (Fsp3) is 0.684. The van der Waals surface area contributed by atoms with Crippen LogP contribution in [0.1, 0.15) is 56.7 Å². The molecule has 1 fully saturated rings. The predicted molar refractivity (Wildman–Crippen MR) is 91.7 cm³/mol. The molecule has 1 N–H and O–H groups in total. The van der Waals surface area contributed by atoms with Crippen LogP contribution in [0.4, 0.5) is 0 Å². The number of hydrogen-bond acceptors (Lipinski definition) is 2. The SMILES string of the molecule is CCCc1ccc(C(CN(C)CC2CCC2)NCC)cc1. The molecule has 1 aromatic rings. The Hall–Kier alpha value is -0.860. The highest BCUT2D eigenvalue weighted by Crippen LogP contribution is 2.27. The molecule has 118 valence electrons. The fourth-order valence-corrected chi connectivity index (χ4v) is 3.24. The third-order valence-corrected chi connectivity index (χ3v) is 4.66. The van der Waals surface area contributed by atoms with Gasteiger partial charge in [-0.3, -0.25) is 0 Å². The summed E-state index contributed by atoms with van der Waals surface area (Å²) in [5, 5.41) is 3.65. The molecule has 2 rings (SSSR count). The van der Waals surface area contributed by atoms with E-state index in [4.69, 9.17) is 0 Å². The van der Waals surface area contributed by atoms with Gasteiger partial charge in [0.25, 0.3) is 0 Å². The highest BCUT2D eigenvalue weighted by atomic mass is 15.1. The molecule has 21 heavy (non-hydrogen) atoms. The average Bonchev–Trinajstić information content (AvgIpc) is 2.44. The maximum Gasteiger partial charge on any atom is 0.0449 e. The van der Waals surface area contributed by atoms with Crippen molar-refractivity contribution in [1.29, 1.82) is 0 Å². The van der Waals surface area contributed by atoms with E-state index in [1.165, 1.54) is 49.8 Å². The van der Waals surface area contributed by atoms with Crippen molar-refractivity contribution >= 4 is 0 Å². The Morgan fingerprint density at radius 1 is 1.19 bits per heavy atom. The van der Waals surface area contributed by atoms with Crippen LogP contribution in [0.3, 0.4) is 0 Å². The third-order valence-electron chi connectivity index (χ3n) is 4.66. The van der Waals surface area contributed by atoms with Gasteiger partial charge in [0, 0.05) is 19.1 Å². The molecule has 0 amide bonds. The normalized spacial score (nSPS) is 17.0. The Kier molecular flexibility index (Phi) is 6.72. The molecule has 1 unspecified atom stereocenters. The molecule has 0 spiro atoms. The molecule has 2 nitrogen and oxygen atoms in total. The molecule has 1 atom stereocenters. The quantitative estimate of drug-likeness (QED) is 0.738. The highest BCUT2D eigenvalue weighted by molar-refractivity contribution is 5.25. The maximum atomic E-state index is 3.65. The fourth-order valence-electron chi connectivity index (χ4n) is 3.24. The molecule has 1 saturated carbocycles. The van der Waals surface area contributed by atoms with E-state index < -0.39 is 0 Å². The zero-order valence-corrected chi connectivity index (χ0v) is 14.1. The largest absolute Gasteiger partial charge is 0.309 e. The van der Waals surface area contributed by atoms with E-state index in [1.807, 2.05) is 0 Å². The van der Waals surface area contributed by atoms with Crippen LogP contribution in [0.5, 0.6) is 0 Å². The number of hydrogen-bond donors (Lipinski definition) is 1. The molecule has 0 aliphatic heterocycles.